The van der Waals surface area contributed by atoms with E-state index in [2.05, 4.69) is 20.0 Å². The number of ether oxygens (including phenoxy) is 1. The van der Waals surface area contributed by atoms with E-state index in [1.807, 2.05) is 6.07 Å². The van der Waals surface area contributed by atoms with Crippen LogP contribution in [-0.2, 0) is 22.1 Å². The summed E-state index contributed by atoms with van der Waals surface area (Å²) in [6, 6.07) is 6.77. The van der Waals surface area contributed by atoms with Gasteiger partial charge in [0.25, 0.3) is 0 Å². The highest BCUT2D eigenvalue weighted by molar-refractivity contribution is 5.79. The fourth-order valence-electron chi connectivity index (χ4n) is 3.78. The van der Waals surface area contributed by atoms with Crippen LogP contribution in [0.15, 0.2) is 36.5 Å². The van der Waals surface area contributed by atoms with Crippen molar-refractivity contribution >= 4 is 17.4 Å². The monoisotopic (exact) mass is 435 g/mol. The van der Waals surface area contributed by atoms with Gasteiger partial charge in [0.15, 0.2) is 5.82 Å². The lowest BCUT2D eigenvalue weighted by Crippen LogP contribution is -2.49. The summed E-state index contributed by atoms with van der Waals surface area (Å²) in [6.45, 7) is 5.33. The third-order valence-corrected chi connectivity index (χ3v) is 5.60. The zero-order valence-electron chi connectivity index (χ0n) is 17.0. The fourth-order valence-corrected chi connectivity index (χ4v) is 3.78. The maximum Gasteiger partial charge on any atom is 0.416 e. The van der Waals surface area contributed by atoms with Gasteiger partial charge < -0.3 is 19.4 Å². The maximum atomic E-state index is 12.7. The molecule has 31 heavy (non-hydrogen) atoms. The van der Waals surface area contributed by atoms with Gasteiger partial charge in [-0.3, -0.25) is 4.79 Å². The van der Waals surface area contributed by atoms with Crippen molar-refractivity contribution in [3.63, 3.8) is 0 Å². The normalized spacial score (nSPS) is 17.7. The standard InChI is InChI=1S/C21H24F3N5O2/c22-21(23,24)17-3-1-16(2-4-17)13-20(30)29-7-5-28(6-8-29)19-14-18(15-25-26-19)27-9-11-31-12-10-27/h1-4,14-15H,5-13H2. The van der Waals surface area contributed by atoms with Crippen LogP contribution in [0.1, 0.15) is 11.1 Å². The van der Waals surface area contributed by atoms with Crippen LogP contribution in [0.25, 0.3) is 0 Å². The number of nitrogens with zero attached hydrogens (tertiary/aromatic N) is 5. The van der Waals surface area contributed by atoms with Crippen LogP contribution in [0.2, 0.25) is 0 Å². The molecule has 0 bridgehead atoms. The number of benzene rings is 1. The van der Waals surface area contributed by atoms with Gasteiger partial charge in [0.2, 0.25) is 5.91 Å². The van der Waals surface area contributed by atoms with Crippen LogP contribution < -0.4 is 9.80 Å². The minimum atomic E-state index is -4.37. The SMILES string of the molecule is O=C(Cc1ccc(C(F)(F)F)cc1)N1CCN(c2cc(N3CCOCC3)cnn2)CC1. The number of carbonyl (C=O) groups excluding carboxylic acids is 1. The average molecular weight is 435 g/mol. The number of hydrogen-bond donors (Lipinski definition) is 0. The highest BCUT2D eigenvalue weighted by Gasteiger charge is 2.30. The Labute approximate surface area is 178 Å². The van der Waals surface area contributed by atoms with E-state index in [0.29, 0.717) is 45.0 Å². The number of amides is 1. The first-order chi connectivity index (χ1) is 14.9. The lowest BCUT2D eigenvalue weighted by Gasteiger charge is -2.36. The Morgan fingerprint density at radius 3 is 2.29 bits per heavy atom. The van der Waals surface area contributed by atoms with Crippen LogP contribution in [-0.4, -0.2) is 73.5 Å². The van der Waals surface area contributed by atoms with E-state index in [9.17, 15) is 18.0 Å². The molecule has 1 amide bonds. The Kier molecular flexibility index (Phi) is 6.26. The molecule has 2 aliphatic rings. The van der Waals surface area contributed by atoms with E-state index in [1.54, 1.807) is 11.1 Å². The molecule has 3 heterocycles. The van der Waals surface area contributed by atoms with Crippen molar-refractivity contribution in [1.29, 1.82) is 0 Å². The molecular formula is C21H24F3N5O2. The van der Waals surface area contributed by atoms with Gasteiger partial charge in [-0.05, 0) is 17.7 Å². The number of piperazine rings is 1. The molecule has 1 aromatic carbocycles. The number of hydrogen-bond acceptors (Lipinski definition) is 6. The van der Waals surface area contributed by atoms with E-state index < -0.39 is 11.7 Å². The van der Waals surface area contributed by atoms with Crippen molar-refractivity contribution in [1.82, 2.24) is 15.1 Å². The molecule has 7 nitrogen and oxygen atoms in total. The van der Waals surface area contributed by atoms with Crippen LogP contribution in [0, 0.1) is 0 Å². The summed E-state index contributed by atoms with van der Waals surface area (Å²) in [5.74, 6) is 0.686. The van der Waals surface area contributed by atoms with Crippen LogP contribution in [0.4, 0.5) is 24.7 Å². The quantitative estimate of drug-likeness (QED) is 0.734. The van der Waals surface area contributed by atoms with Gasteiger partial charge in [0.1, 0.15) is 0 Å². The smallest absolute Gasteiger partial charge is 0.378 e. The summed E-state index contributed by atoms with van der Waals surface area (Å²) >= 11 is 0. The second-order valence-corrected chi connectivity index (χ2v) is 7.61. The molecular weight excluding hydrogens is 411 g/mol. The molecule has 2 fully saturated rings. The van der Waals surface area contributed by atoms with E-state index in [1.165, 1.54) is 12.1 Å². The molecule has 4 rings (SSSR count). The molecule has 0 spiro atoms. The van der Waals surface area contributed by atoms with Crippen LogP contribution >= 0.6 is 0 Å². The molecule has 166 valence electrons. The summed E-state index contributed by atoms with van der Waals surface area (Å²) in [5, 5.41) is 8.38. The van der Waals surface area contributed by atoms with Crippen molar-refractivity contribution in [2.75, 3.05) is 62.3 Å². The maximum absolute atomic E-state index is 12.7. The molecule has 0 atom stereocenters. The molecule has 2 saturated heterocycles. The third-order valence-electron chi connectivity index (χ3n) is 5.60. The fraction of sp³-hybridized carbons (Fsp3) is 0.476. The zero-order valence-corrected chi connectivity index (χ0v) is 17.0. The van der Waals surface area contributed by atoms with Crippen molar-refractivity contribution in [2.24, 2.45) is 0 Å². The molecule has 0 N–H and O–H groups in total. The Bertz CT molecular complexity index is 893. The molecule has 1 aromatic heterocycles. The number of alkyl halides is 3. The van der Waals surface area contributed by atoms with E-state index >= 15 is 0 Å². The van der Waals surface area contributed by atoms with Crippen LogP contribution in [0.5, 0.6) is 0 Å². The molecule has 10 heteroatoms. The van der Waals surface area contributed by atoms with Gasteiger partial charge in [-0.15, -0.1) is 5.10 Å². The second-order valence-electron chi connectivity index (χ2n) is 7.61. The predicted octanol–water partition coefficient (Wildman–Crippen LogP) is 2.22. The first-order valence-corrected chi connectivity index (χ1v) is 10.2. The number of anilines is 2. The van der Waals surface area contributed by atoms with E-state index in [4.69, 9.17) is 4.74 Å². The highest BCUT2D eigenvalue weighted by Crippen LogP contribution is 2.29. The second kappa shape index (κ2) is 9.09. The lowest BCUT2D eigenvalue weighted by molar-refractivity contribution is -0.137. The molecule has 0 radical (unpaired) electrons. The third kappa shape index (κ3) is 5.25. The average Bonchev–Trinajstić information content (AvgIpc) is 2.79. The summed E-state index contributed by atoms with van der Waals surface area (Å²) < 4.78 is 43.4. The topological polar surface area (TPSA) is 61.8 Å². The van der Waals surface area contributed by atoms with Crippen molar-refractivity contribution < 1.29 is 22.7 Å². The number of rotatable bonds is 4. The number of aromatic nitrogens is 2. The van der Waals surface area contributed by atoms with Crippen LogP contribution in [0.3, 0.4) is 0 Å². The summed E-state index contributed by atoms with van der Waals surface area (Å²) in [6.07, 6.45) is -2.54. The first kappa shape index (κ1) is 21.4. The van der Waals surface area contributed by atoms with Gasteiger partial charge in [0.05, 0.1) is 37.1 Å². The van der Waals surface area contributed by atoms with Gasteiger partial charge in [-0.2, -0.15) is 18.3 Å². The molecule has 0 aliphatic carbocycles. The van der Waals surface area contributed by atoms with Gasteiger partial charge in [-0.1, -0.05) is 12.1 Å². The van der Waals surface area contributed by atoms with E-state index in [0.717, 1.165) is 36.7 Å². The number of halogens is 3. The summed E-state index contributed by atoms with van der Waals surface area (Å²) in [4.78, 5) is 18.6. The van der Waals surface area contributed by atoms with Crippen molar-refractivity contribution in [2.45, 2.75) is 12.6 Å². The van der Waals surface area contributed by atoms with E-state index in [-0.39, 0.29) is 12.3 Å². The molecule has 0 unspecified atom stereocenters. The Morgan fingerprint density at radius 1 is 0.968 bits per heavy atom. The minimum absolute atomic E-state index is 0.0878. The largest absolute Gasteiger partial charge is 0.416 e. The Hall–Kier alpha value is -2.88. The Morgan fingerprint density at radius 2 is 1.65 bits per heavy atom. The van der Waals surface area contributed by atoms with Gasteiger partial charge in [-0.25, -0.2) is 0 Å². The Balaban J connectivity index is 1.32. The number of morpholine rings is 1. The number of carbonyl (C=O) groups is 1. The first-order valence-electron chi connectivity index (χ1n) is 10.2. The summed E-state index contributed by atoms with van der Waals surface area (Å²) in [7, 11) is 0. The highest BCUT2D eigenvalue weighted by atomic mass is 19.4. The van der Waals surface area contributed by atoms with Crippen molar-refractivity contribution in [3.05, 3.63) is 47.7 Å². The molecule has 2 aliphatic heterocycles. The zero-order chi connectivity index (χ0) is 21.8. The van der Waals surface area contributed by atoms with Gasteiger partial charge >= 0.3 is 6.18 Å². The molecule has 0 saturated carbocycles. The summed E-state index contributed by atoms with van der Waals surface area (Å²) in [5.41, 5.74) is 0.872. The lowest BCUT2D eigenvalue weighted by atomic mass is 10.1. The molecule has 2 aromatic rings. The van der Waals surface area contributed by atoms with Crippen molar-refractivity contribution in [3.8, 4) is 0 Å². The minimum Gasteiger partial charge on any atom is -0.378 e. The van der Waals surface area contributed by atoms with Gasteiger partial charge in [0, 0.05) is 45.3 Å². The predicted molar refractivity (Wildman–Crippen MR) is 109 cm³/mol.